The molecule has 0 aliphatic heterocycles. The summed E-state index contributed by atoms with van der Waals surface area (Å²) in [6.45, 7) is 6.30. The van der Waals surface area contributed by atoms with Crippen molar-refractivity contribution in [1.29, 1.82) is 0 Å². The number of benzene rings is 2. The molecule has 0 saturated heterocycles. The summed E-state index contributed by atoms with van der Waals surface area (Å²) in [5.41, 5.74) is 3.47. The summed E-state index contributed by atoms with van der Waals surface area (Å²) in [6.07, 6.45) is 1.15. The highest BCUT2D eigenvalue weighted by atomic mass is 16.5. The molecule has 3 rings (SSSR count). The molecule has 0 fully saturated rings. The molecule has 0 bridgehead atoms. The van der Waals surface area contributed by atoms with E-state index < -0.39 is 0 Å². The average Bonchev–Trinajstić information content (AvgIpc) is 2.99. The van der Waals surface area contributed by atoms with Gasteiger partial charge in [-0.3, -0.25) is 0 Å². The van der Waals surface area contributed by atoms with Crippen LogP contribution in [0, 0.1) is 0 Å². The van der Waals surface area contributed by atoms with Gasteiger partial charge < -0.3 is 14.0 Å². The van der Waals surface area contributed by atoms with Gasteiger partial charge in [-0.1, -0.05) is 38.1 Å². The molecule has 0 amide bonds. The highest BCUT2D eigenvalue weighted by Crippen LogP contribution is 2.22. The number of aromatic nitrogens is 2. The zero-order valence-electron chi connectivity index (χ0n) is 15.2. The van der Waals surface area contributed by atoms with Crippen molar-refractivity contribution in [2.24, 2.45) is 0 Å². The van der Waals surface area contributed by atoms with E-state index in [9.17, 15) is 0 Å². The molecule has 25 heavy (non-hydrogen) atoms. The second kappa shape index (κ2) is 8.17. The number of hydrogen-bond donors (Lipinski definition) is 0. The largest absolute Gasteiger partial charge is 0.492 e. The van der Waals surface area contributed by atoms with Crippen molar-refractivity contribution in [3.05, 3.63) is 59.9 Å². The molecule has 4 heteroatoms. The van der Waals surface area contributed by atoms with Crippen molar-refractivity contribution in [3.8, 4) is 5.75 Å². The van der Waals surface area contributed by atoms with Crippen molar-refractivity contribution >= 4 is 11.0 Å². The lowest BCUT2D eigenvalue weighted by Gasteiger charge is -2.12. The lowest BCUT2D eigenvalue weighted by molar-refractivity contribution is 0.173. The van der Waals surface area contributed by atoms with Crippen molar-refractivity contribution in [2.45, 2.75) is 39.3 Å². The molecule has 132 valence electrons. The molecule has 0 radical (unpaired) electrons. The Kier molecular flexibility index (Phi) is 5.71. The van der Waals surface area contributed by atoms with Gasteiger partial charge in [-0.15, -0.1) is 0 Å². The molecule has 0 saturated carbocycles. The number of ether oxygens (including phenoxy) is 2. The van der Waals surface area contributed by atoms with E-state index in [0.29, 0.717) is 19.1 Å². The predicted octanol–water partition coefficient (Wildman–Crippen LogP) is 4.78. The molecule has 0 N–H and O–H groups in total. The highest BCUT2D eigenvalue weighted by molar-refractivity contribution is 5.75. The Balaban J connectivity index is 1.67. The summed E-state index contributed by atoms with van der Waals surface area (Å²) in [7, 11) is 1.69. The molecule has 0 aliphatic carbocycles. The molecular formula is C21H26N2O2. The zero-order chi connectivity index (χ0) is 17.6. The topological polar surface area (TPSA) is 36.3 Å². The molecule has 0 aliphatic rings. The van der Waals surface area contributed by atoms with Crippen LogP contribution in [0.1, 0.15) is 37.6 Å². The normalized spacial score (nSPS) is 12.4. The number of hydrogen-bond acceptors (Lipinski definition) is 3. The molecule has 2 aromatic carbocycles. The lowest BCUT2D eigenvalue weighted by atomic mass is 9.99. The smallest absolute Gasteiger partial charge is 0.136 e. The Morgan fingerprint density at radius 2 is 1.84 bits per heavy atom. The van der Waals surface area contributed by atoms with Gasteiger partial charge in [0.1, 0.15) is 24.8 Å². The van der Waals surface area contributed by atoms with Gasteiger partial charge in [-0.2, -0.15) is 0 Å². The highest BCUT2D eigenvalue weighted by Gasteiger charge is 2.10. The van der Waals surface area contributed by atoms with Crippen LogP contribution in [0.25, 0.3) is 11.0 Å². The molecule has 1 atom stereocenters. The van der Waals surface area contributed by atoms with Gasteiger partial charge in [0.05, 0.1) is 17.6 Å². The SMILES string of the molecule is CCC(C)c1ccc(OCCn2c(COC)nc3ccccc32)cc1. The third-order valence-electron chi connectivity index (χ3n) is 4.65. The van der Waals surface area contributed by atoms with Crippen LogP contribution in [-0.4, -0.2) is 23.3 Å². The Bertz CT molecular complexity index is 808. The fraction of sp³-hybridized carbons (Fsp3) is 0.381. The maximum atomic E-state index is 5.94. The number of para-hydroxylation sites is 2. The first kappa shape index (κ1) is 17.5. The first-order valence-electron chi connectivity index (χ1n) is 8.88. The van der Waals surface area contributed by atoms with Crippen LogP contribution in [0.5, 0.6) is 5.75 Å². The minimum absolute atomic E-state index is 0.498. The molecule has 1 unspecified atom stereocenters. The van der Waals surface area contributed by atoms with Gasteiger partial charge in [0.2, 0.25) is 0 Å². The van der Waals surface area contributed by atoms with Gasteiger partial charge in [0.15, 0.2) is 0 Å². The zero-order valence-corrected chi connectivity index (χ0v) is 15.2. The molecular weight excluding hydrogens is 312 g/mol. The minimum Gasteiger partial charge on any atom is -0.492 e. The Hall–Kier alpha value is -2.33. The van der Waals surface area contributed by atoms with Gasteiger partial charge in [0, 0.05) is 7.11 Å². The Morgan fingerprint density at radius 3 is 2.56 bits per heavy atom. The van der Waals surface area contributed by atoms with Gasteiger partial charge in [-0.25, -0.2) is 4.98 Å². The van der Waals surface area contributed by atoms with Crippen LogP contribution in [0.4, 0.5) is 0 Å². The third kappa shape index (κ3) is 4.02. The third-order valence-corrected chi connectivity index (χ3v) is 4.65. The monoisotopic (exact) mass is 338 g/mol. The van der Waals surface area contributed by atoms with Gasteiger partial charge in [0.25, 0.3) is 0 Å². The first-order valence-corrected chi connectivity index (χ1v) is 8.88. The summed E-state index contributed by atoms with van der Waals surface area (Å²) in [5, 5.41) is 0. The van der Waals surface area contributed by atoms with Crippen molar-refractivity contribution in [3.63, 3.8) is 0 Å². The molecule has 0 spiro atoms. The summed E-state index contributed by atoms with van der Waals surface area (Å²) in [4.78, 5) is 4.65. The first-order chi connectivity index (χ1) is 12.2. The van der Waals surface area contributed by atoms with Crippen LogP contribution < -0.4 is 4.74 Å². The minimum atomic E-state index is 0.498. The Morgan fingerprint density at radius 1 is 1.08 bits per heavy atom. The van der Waals surface area contributed by atoms with E-state index in [2.05, 4.69) is 53.7 Å². The van der Waals surface area contributed by atoms with Crippen LogP contribution in [-0.2, 0) is 17.9 Å². The van der Waals surface area contributed by atoms with Crippen LogP contribution in [0.15, 0.2) is 48.5 Å². The Labute approximate surface area is 149 Å². The van der Waals surface area contributed by atoms with Gasteiger partial charge in [-0.05, 0) is 42.2 Å². The molecule has 4 nitrogen and oxygen atoms in total. The van der Waals surface area contributed by atoms with Crippen molar-refractivity contribution < 1.29 is 9.47 Å². The van der Waals surface area contributed by atoms with Gasteiger partial charge >= 0.3 is 0 Å². The number of nitrogens with zero attached hydrogens (tertiary/aromatic N) is 2. The summed E-state index contributed by atoms with van der Waals surface area (Å²) in [5.74, 6) is 2.42. The van der Waals surface area contributed by atoms with E-state index in [1.807, 2.05) is 18.2 Å². The van der Waals surface area contributed by atoms with Crippen LogP contribution in [0.3, 0.4) is 0 Å². The van der Waals surface area contributed by atoms with E-state index in [-0.39, 0.29) is 0 Å². The lowest BCUT2D eigenvalue weighted by Crippen LogP contribution is -2.11. The number of rotatable bonds is 8. The van der Waals surface area contributed by atoms with E-state index in [1.165, 1.54) is 5.56 Å². The molecule has 3 aromatic rings. The number of methoxy groups -OCH3 is 1. The van der Waals surface area contributed by atoms with E-state index >= 15 is 0 Å². The molecule has 1 aromatic heterocycles. The number of fused-ring (bicyclic) bond motifs is 1. The fourth-order valence-corrected chi connectivity index (χ4v) is 3.00. The summed E-state index contributed by atoms with van der Waals surface area (Å²) < 4.78 is 13.4. The molecule has 1 heterocycles. The standard InChI is InChI=1S/C21H26N2O2/c1-4-16(2)17-9-11-18(12-10-17)25-14-13-23-20-8-6-5-7-19(20)22-21(23)15-24-3/h5-12,16H,4,13-15H2,1-3H3. The van der Waals surface area contributed by atoms with Crippen molar-refractivity contribution in [2.75, 3.05) is 13.7 Å². The average molecular weight is 338 g/mol. The van der Waals surface area contributed by atoms with Crippen molar-refractivity contribution in [1.82, 2.24) is 9.55 Å². The fourth-order valence-electron chi connectivity index (χ4n) is 3.00. The second-order valence-corrected chi connectivity index (χ2v) is 6.33. The second-order valence-electron chi connectivity index (χ2n) is 6.33. The number of imidazole rings is 1. The predicted molar refractivity (Wildman–Crippen MR) is 101 cm³/mol. The summed E-state index contributed by atoms with van der Waals surface area (Å²) >= 11 is 0. The maximum absolute atomic E-state index is 5.94. The van der Waals surface area contributed by atoms with E-state index in [0.717, 1.165) is 35.6 Å². The van der Waals surface area contributed by atoms with Crippen LogP contribution >= 0.6 is 0 Å². The summed E-state index contributed by atoms with van der Waals surface area (Å²) in [6, 6.07) is 16.6. The van der Waals surface area contributed by atoms with E-state index in [4.69, 9.17) is 9.47 Å². The van der Waals surface area contributed by atoms with Crippen LogP contribution in [0.2, 0.25) is 0 Å². The quantitative estimate of drug-likeness (QED) is 0.593. The maximum Gasteiger partial charge on any atom is 0.136 e. The van der Waals surface area contributed by atoms with E-state index in [1.54, 1.807) is 7.11 Å².